The molecule has 5 heteroatoms. The van der Waals surface area contributed by atoms with Gasteiger partial charge in [0.05, 0.1) is 5.56 Å². The first-order valence-electron chi connectivity index (χ1n) is 6.63. The van der Waals surface area contributed by atoms with E-state index in [1.165, 1.54) is 5.56 Å². The Hall–Kier alpha value is -1.49. The summed E-state index contributed by atoms with van der Waals surface area (Å²) in [5.41, 5.74) is 2.61. The second kappa shape index (κ2) is 5.37. The molecular formula is C16H13BrF3N. The average Bonchev–Trinajstić information content (AvgIpc) is 2.45. The Morgan fingerprint density at radius 2 is 1.76 bits per heavy atom. The van der Waals surface area contributed by atoms with Crippen molar-refractivity contribution in [3.63, 3.8) is 0 Å². The summed E-state index contributed by atoms with van der Waals surface area (Å²) in [5.74, 6) is 0.189. The second-order valence-corrected chi connectivity index (χ2v) is 6.12. The number of halogens is 4. The minimum atomic E-state index is -4.28. The molecule has 1 aliphatic heterocycles. The fourth-order valence-corrected chi connectivity index (χ4v) is 3.06. The molecule has 0 bridgehead atoms. The van der Waals surface area contributed by atoms with E-state index in [9.17, 15) is 13.2 Å². The Labute approximate surface area is 129 Å². The third-order valence-electron chi connectivity index (χ3n) is 3.78. The number of rotatable bonds is 1. The maximum Gasteiger partial charge on any atom is 0.416 e. The highest BCUT2D eigenvalue weighted by atomic mass is 79.9. The van der Waals surface area contributed by atoms with Crippen LogP contribution in [0.3, 0.4) is 0 Å². The smallest absolute Gasteiger partial charge is 0.384 e. The molecule has 1 atom stereocenters. The van der Waals surface area contributed by atoms with E-state index in [0.717, 1.165) is 40.8 Å². The molecule has 0 radical (unpaired) electrons. The number of hydrogen-bond acceptors (Lipinski definition) is 1. The van der Waals surface area contributed by atoms with Crippen molar-refractivity contribution in [3.8, 4) is 0 Å². The summed E-state index contributed by atoms with van der Waals surface area (Å²) in [7, 11) is 0. The Kier molecular flexibility index (Phi) is 3.69. The molecule has 1 nitrogen and oxygen atoms in total. The highest BCUT2D eigenvalue weighted by Gasteiger charge is 2.30. The van der Waals surface area contributed by atoms with Crippen molar-refractivity contribution < 1.29 is 13.2 Å². The van der Waals surface area contributed by atoms with Crippen LogP contribution in [-0.4, -0.2) is 6.54 Å². The number of alkyl halides is 3. The lowest BCUT2D eigenvalue weighted by molar-refractivity contribution is -0.137. The van der Waals surface area contributed by atoms with E-state index in [2.05, 4.69) is 27.3 Å². The van der Waals surface area contributed by atoms with Crippen LogP contribution >= 0.6 is 15.9 Å². The van der Waals surface area contributed by atoms with Crippen molar-refractivity contribution >= 4 is 21.6 Å². The number of benzene rings is 2. The molecule has 1 heterocycles. The molecule has 0 spiro atoms. The molecule has 1 N–H and O–H groups in total. The van der Waals surface area contributed by atoms with Crippen molar-refractivity contribution in [1.29, 1.82) is 0 Å². The Bertz CT molecular complexity index is 650. The summed E-state index contributed by atoms with van der Waals surface area (Å²) in [4.78, 5) is 0. The predicted molar refractivity (Wildman–Crippen MR) is 80.5 cm³/mol. The van der Waals surface area contributed by atoms with Crippen LogP contribution in [0.5, 0.6) is 0 Å². The molecule has 0 saturated heterocycles. The van der Waals surface area contributed by atoms with Crippen LogP contribution < -0.4 is 5.32 Å². The van der Waals surface area contributed by atoms with Gasteiger partial charge in [0.1, 0.15) is 0 Å². The summed E-state index contributed by atoms with van der Waals surface area (Å²) >= 11 is 3.45. The summed E-state index contributed by atoms with van der Waals surface area (Å²) in [5, 5.41) is 3.34. The van der Waals surface area contributed by atoms with Gasteiger partial charge in [-0.05, 0) is 47.9 Å². The van der Waals surface area contributed by atoms with Gasteiger partial charge in [-0.1, -0.05) is 28.1 Å². The molecule has 3 rings (SSSR count). The molecule has 110 valence electrons. The van der Waals surface area contributed by atoms with Crippen LogP contribution in [0.2, 0.25) is 0 Å². The van der Waals surface area contributed by atoms with E-state index >= 15 is 0 Å². The summed E-state index contributed by atoms with van der Waals surface area (Å²) < 4.78 is 38.8. The zero-order valence-corrected chi connectivity index (χ0v) is 12.6. The third-order valence-corrected chi connectivity index (χ3v) is 4.28. The SMILES string of the molecule is FC(F)(F)c1ccc(C2CNc3ccc(Br)cc3C2)cc1. The van der Waals surface area contributed by atoms with Gasteiger partial charge in [0.25, 0.3) is 0 Å². The lowest BCUT2D eigenvalue weighted by atomic mass is 9.88. The van der Waals surface area contributed by atoms with Gasteiger partial charge < -0.3 is 5.32 Å². The summed E-state index contributed by atoms with van der Waals surface area (Å²) in [6.45, 7) is 0.736. The number of fused-ring (bicyclic) bond motifs is 1. The van der Waals surface area contributed by atoms with E-state index in [0.29, 0.717) is 0 Å². The van der Waals surface area contributed by atoms with Gasteiger partial charge in [-0.3, -0.25) is 0 Å². The molecule has 1 unspecified atom stereocenters. The Morgan fingerprint density at radius 3 is 2.43 bits per heavy atom. The molecule has 2 aromatic rings. The van der Waals surface area contributed by atoms with Crippen LogP contribution in [-0.2, 0) is 12.6 Å². The van der Waals surface area contributed by atoms with Crippen LogP contribution in [0.25, 0.3) is 0 Å². The Balaban J connectivity index is 1.83. The van der Waals surface area contributed by atoms with E-state index in [4.69, 9.17) is 0 Å². The second-order valence-electron chi connectivity index (χ2n) is 5.20. The average molecular weight is 356 g/mol. The van der Waals surface area contributed by atoms with Gasteiger partial charge in [-0.25, -0.2) is 0 Å². The van der Waals surface area contributed by atoms with Crippen molar-refractivity contribution in [2.24, 2.45) is 0 Å². The molecule has 0 aromatic heterocycles. The van der Waals surface area contributed by atoms with Gasteiger partial charge in [0.2, 0.25) is 0 Å². The Morgan fingerprint density at radius 1 is 1.05 bits per heavy atom. The van der Waals surface area contributed by atoms with Crippen molar-refractivity contribution in [1.82, 2.24) is 0 Å². The molecular weight excluding hydrogens is 343 g/mol. The molecule has 21 heavy (non-hydrogen) atoms. The van der Waals surface area contributed by atoms with Crippen LogP contribution in [0.15, 0.2) is 46.9 Å². The molecule has 0 saturated carbocycles. The standard InChI is InChI=1S/C16H13BrF3N/c17-14-5-6-15-11(8-14)7-12(9-21-15)10-1-3-13(4-2-10)16(18,19)20/h1-6,8,12,21H,7,9H2. The van der Waals surface area contributed by atoms with E-state index in [1.807, 2.05) is 12.1 Å². The first-order valence-corrected chi connectivity index (χ1v) is 7.42. The topological polar surface area (TPSA) is 12.0 Å². The minimum Gasteiger partial charge on any atom is -0.384 e. The van der Waals surface area contributed by atoms with Gasteiger partial charge in [0.15, 0.2) is 0 Å². The maximum atomic E-state index is 12.6. The van der Waals surface area contributed by atoms with Crippen LogP contribution in [0.4, 0.5) is 18.9 Å². The van der Waals surface area contributed by atoms with Crippen molar-refractivity contribution in [2.45, 2.75) is 18.5 Å². The summed E-state index contributed by atoms with van der Waals surface area (Å²) in [6.07, 6.45) is -3.45. The van der Waals surface area contributed by atoms with Gasteiger partial charge in [0, 0.05) is 22.6 Å². The van der Waals surface area contributed by atoms with Gasteiger partial charge in [-0.2, -0.15) is 13.2 Å². The lowest BCUT2D eigenvalue weighted by Gasteiger charge is -2.27. The van der Waals surface area contributed by atoms with Gasteiger partial charge in [-0.15, -0.1) is 0 Å². The molecule has 0 aliphatic carbocycles. The normalized spacial score (nSPS) is 18.0. The fourth-order valence-electron chi connectivity index (χ4n) is 2.65. The molecule has 2 aromatic carbocycles. The third kappa shape index (κ3) is 3.07. The van der Waals surface area contributed by atoms with Crippen molar-refractivity contribution in [2.75, 3.05) is 11.9 Å². The van der Waals surface area contributed by atoms with Gasteiger partial charge >= 0.3 is 6.18 Å². The number of hydrogen-bond donors (Lipinski definition) is 1. The minimum absolute atomic E-state index is 0.189. The van der Waals surface area contributed by atoms with Crippen molar-refractivity contribution in [3.05, 3.63) is 63.6 Å². The zero-order valence-electron chi connectivity index (χ0n) is 11.0. The van der Waals surface area contributed by atoms with Crippen LogP contribution in [0, 0.1) is 0 Å². The first-order chi connectivity index (χ1) is 9.93. The highest BCUT2D eigenvalue weighted by molar-refractivity contribution is 9.10. The predicted octanol–water partition coefficient (Wildman–Crippen LogP) is 5.22. The van der Waals surface area contributed by atoms with E-state index < -0.39 is 11.7 Å². The van der Waals surface area contributed by atoms with Crippen LogP contribution in [0.1, 0.15) is 22.6 Å². The molecule has 1 aliphatic rings. The maximum absolute atomic E-state index is 12.6. The quantitative estimate of drug-likeness (QED) is 0.739. The monoisotopic (exact) mass is 355 g/mol. The number of nitrogens with one attached hydrogen (secondary N) is 1. The number of anilines is 1. The zero-order chi connectivity index (χ0) is 15.0. The highest BCUT2D eigenvalue weighted by Crippen LogP contribution is 2.34. The molecule has 0 fully saturated rings. The van der Waals surface area contributed by atoms with E-state index in [-0.39, 0.29) is 5.92 Å². The molecule has 0 amide bonds. The lowest BCUT2D eigenvalue weighted by Crippen LogP contribution is -2.21. The fraction of sp³-hybridized carbons (Fsp3) is 0.250. The first kappa shape index (κ1) is 14.4. The largest absolute Gasteiger partial charge is 0.416 e. The van der Waals surface area contributed by atoms with E-state index in [1.54, 1.807) is 12.1 Å². The summed E-state index contributed by atoms with van der Waals surface area (Å²) in [6, 6.07) is 11.5.